The number of epoxide rings is 1. The molecule has 5 heteroatoms. The number of ether oxygens (including phenoxy) is 1. The summed E-state index contributed by atoms with van der Waals surface area (Å²) in [7, 11) is 0. The molecule has 0 aliphatic carbocycles. The molecule has 1 amide bonds. The quantitative estimate of drug-likeness (QED) is 0.661. The van der Waals surface area contributed by atoms with E-state index in [9.17, 15) is 9.18 Å². The van der Waals surface area contributed by atoms with Gasteiger partial charge in [0.2, 0.25) is 0 Å². The first-order valence-electron chi connectivity index (χ1n) is 5.30. The van der Waals surface area contributed by atoms with Crippen molar-refractivity contribution in [2.45, 2.75) is 18.6 Å². The Labute approximate surface area is 92.0 Å². The number of nitrogens with zero attached hydrogens (tertiary/aromatic N) is 2. The third-order valence-corrected chi connectivity index (χ3v) is 3.06. The number of amides is 1. The van der Waals surface area contributed by atoms with E-state index in [1.54, 1.807) is 4.90 Å². The van der Waals surface area contributed by atoms with E-state index in [0.717, 1.165) is 12.6 Å². The van der Waals surface area contributed by atoms with Crippen molar-refractivity contribution in [3.05, 3.63) is 29.8 Å². The van der Waals surface area contributed by atoms with Crippen LogP contribution in [0.25, 0.3) is 0 Å². The Morgan fingerprint density at radius 2 is 2.44 bits per heavy atom. The summed E-state index contributed by atoms with van der Waals surface area (Å²) in [6, 6.07) is 1.41. The highest BCUT2D eigenvalue weighted by Crippen LogP contribution is 2.31. The first-order chi connectivity index (χ1) is 7.75. The SMILES string of the molecule is O=C(c1ccncc1F)N1CCC2OC2C1. The van der Waals surface area contributed by atoms with Gasteiger partial charge in [-0.1, -0.05) is 0 Å². The lowest BCUT2D eigenvalue weighted by atomic mass is 10.1. The van der Waals surface area contributed by atoms with Crippen molar-refractivity contribution in [3.8, 4) is 0 Å². The van der Waals surface area contributed by atoms with Gasteiger partial charge < -0.3 is 9.64 Å². The monoisotopic (exact) mass is 222 g/mol. The summed E-state index contributed by atoms with van der Waals surface area (Å²) in [6.07, 6.45) is 3.84. The van der Waals surface area contributed by atoms with Gasteiger partial charge in [-0.15, -0.1) is 0 Å². The predicted molar refractivity (Wildman–Crippen MR) is 53.4 cm³/mol. The van der Waals surface area contributed by atoms with Crippen LogP contribution >= 0.6 is 0 Å². The van der Waals surface area contributed by atoms with Gasteiger partial charge in [-0.2, -0.15) is 0 Å². The number of hydrogen-bond donors (Lipinski definition) is 0. The van der Waals surface area contributed by atoms with Crippen LogP contribution in [0, 0.1) is 5.82 Å². The Morgan fingerprint density at radius 1 is 1.56 bits per heavy atom. The molecule has 2 aliphatic rings. The maximum absolute atomic E-state index is 13.4. The van der Waals surface area contributed by atoms with Crippen LogP contribution in [0.3, 0.4) is 0 Å². The molecule has 1 aromatic rings. The van der Waals surface area contributed by atoms with Gasteiger partial charge >= 0.3 is 0 Å². The van der Waals surface area contributed by atoms with Crippen LogP contribution < -0.4 is 0 Å². The Kier molecular flexibility index (Phi) is 2.14. The normalized spacial score (nSPS) is 27.4. The lowest BCUT2D eigenvalue weighted by molar-refractivity contribution is 0.0731. The summed E-state index contributed by atoms with van der Waals surface area (Å²) in [5, 5.41) is 0. The molecule has 3 heterocycles. The summed E-state index contributed by atoms with van der Waals surface area (Å²) in [4.78, 5) is 17.3. The molecule has 2 unspecified atom stereocenters. The van der Waals surface area contributed by atoms with Crippen LogP contribution in [0.15, 0.2) is 18.5 Å². The van der Waals surface area contributed by atoms with E-state index in [1.165, 1.54) is 12.3 Å². The minimum Gasteiger partial charge on any atom is -0.368 e. The Morgan fingerprint density at radius 3 is 3.19 bits per heavy atom. The van der Waals surface area contributed by atoms with Crippen LogP contribution in [0.4, 0.5) is 4.39 Å². The van der Waals surface area contributed by atoms with Crippen molar-refractivity contribution in [2.24, 2.45) is 0 Å². The third kappa shape index (κ3) is 1.57. The molecule has 0 saturated carbocycles. The van der Waals surface area contributed by atoms with E-state index in [1.807, 2.05) is 0 Å². The lowest BCUT2D eigenvalue weighted by Gasteiger charge is -2.24. The number of hydrogen-bond acceptors (Lipinski definition) is 3. The summed E-state index contributed by atoms with van der Waals surface area (Å²) in [6.45, 7) is 1.22. The summed E-state index contributed by atoms with van der Waals surface area (Å²) < 4.78 is 18.7. The zero-order valence-electron chi connectivity index (χ0n) is 8.60. The Balaban J connectivity index is 1.79. The second kappa shape index (κ2) is 3.52. The molecule has 0 spiro atoms. The second-order valence-corrected chi connectivity index (χ2v) is 4.11. The number of aromatic nitrogens is 1. The van der Waals surface area contributed by atoms with Gasteiger partial charge in [0, 0.05) is 19.3 Å². The molecular formula is C11H11FN2O2. The third-order valence-electron chi connectivity index (χ3n) is 3.06. The molecule has 2 atom stereocenters. The van der Waals surface area contributed by atoms with Crippen LogP contribution in [0.1, 0.15) is 16.8 Å². The zero-order valence-corrected chi connectivity index (χ0v) is 8.60. The summed E-state index contributed by atoms with van der Waals surface area (Å²) in [5.74, 6) is -0.833. The first kappa shape index (κ1) is 9.72. The molecule has 84 valence electrons. The minimum atomic E-state index is -0.564. The highest BCUT2D eigenvalue weighted by atomic mass is 19.1. The van der Waals surface area contributed by atoms with Crippen molar-refractivity contribution >= 4 is 5.91 Å². The molecular weight excluding hydrogens is 211 g/mol. The predicted octanol–water partition coefficient (Wildman–Crippen LogP) is 0.834. The Bertz CT molecular complexity index is 438. The maximum atomic E-state index is 13.4. The fourth-order valence-corrected chi connectivity index (χ4v) is 2.09. The first-order valence-corrected chi connectivity index (χ1v) is 5.30. The topological polar surface area (TPSA) is 45.7 Å². The van der Waals surface area contributed by atoms with Crippen LogP contribution in [0.2, 0.25) is 0 Å². The van der Waals surface area contributed by atoms with Gasteiger partial charge in [0.25, 0.3) is 5.91 Å². The molecule has 2 saturated heterocycles. The maximum Gasteiger partial charge on any atom is 0.257 e. The molecule has 0 bridgehead atoms. The number of carbonyl (C=O) groups is 1. The van der Waals surface area contributed by atoms with E-state index in [0.29, 0.717) is 19.2 Å². The van der Waals surface area contributed by atoms with E-state index >= 15 is 0 Å². The molecule has 16 heavy (non-hydrogen) atoms. The molecule has 3 rings (SSSR count). The average molecular weight is 222 g/mol. The number of piperidine rings is 1. The fourth-order valence-electron chi connectivity index (χ4n) is 2.09. The van der Waals surface area contributed by atoms with Gasteiger partial charge in [-0.05, 0) is 12.5 Å². The van der Waals surface area contributed by atoms with Crippen LogP contribution in [-0.4, -0.2) is 41.1 Å². The Hall–Kier alpha value is -1.49. The lowest BCUT2D eigenvalue weighted by Crippen LogP contribution is -2.39. The number of carbonyl (C=O) groups excluding carboxylic acids is 1. The van der Waals surface area contributed by atoms with Gasteiger partial charge in [0.05, 0.1) is 17.9 Å². The van der Waals surface area contributed by atoms with Gasteiger partial charge in [0.15, 0.2) is 5.82 Å². The standard InChI is InChI=1S/C11H11FN2O2/c12-8-5-13-3-1-7(8)11(15)14-4-2-9-10(6-14)16-9/h1,3,5,9-10H,2,4,6H2. The highest BCUT2D eigenvalue weighted by molar-refractivity contribution is 5.94. The van der Waals surface area contributed by atoms with Crippen molar-refractivity contribution in [1.82, 2.24) is 9.88 Å². The molecule has 0 aromatic carbocycles. The fraction of sp³-hybridized carbons (Fsp3) is 0.455. The number of pyridine rings is 1. The van der Waals surface area contributed by atoms with Gasteiger partial charge in [-0.3, -0.25) is 9.78 Å². The second-order valence-electron chi connectivity index (χ2n) is 4.11. The minimum absolute atomic E-state index is 0.0918. The van der Waals surface area contributed by atoms with E-state index in [-0.39, 0.29) is 17.6 Å². The van der Waals surface area contributed by atoms with E-state index < -0.39 is 5.82 Å². The average Bonchev–Trinajstić information content (AvgIpc) is 3.06. The molecule has 2 fully saturated rings. The molecule has 4 nitrogen and oxygen atoms in total. The number of likely N-dealkylation sites (tertiary alicyclic amines) is 1. The number of rotatable bonds is 1. The van der Waals surface area contributed by atoms with E-state index in [2.05, 4.69) is 4.98 Å². The van der Waals surface area contributed by atoms with Crippen molar-refractivity contribution in [2.75, 3.05) is 13.1 Å². The van der Waals surface area contributed by atoms with Crippen molar-refractivity contribution < 1.29 is 13.9 Å². The highest BCUT2D eigenvalue weighted by Gasteiger charge is 2.44. The zero-order chi connectivity index (χ0) is 11.1. The number of halogens is 1. The van der Waals surface area contributed by atoms with Gasteiger partial charge in [-0.25, -0.2) is 4.39 Å². The largest absolute Gasteiger partial charge is 0.368 e. The van der Waals surface area contributed by atoms with Gasteiger partial charge in [0.1, 0.15) is 6.10 Å². The molecule has 2 aliphatic heterocycles. The van der Waals surface area contributed by atoms with Crippen LogP contribution in [0.5, 0.6) is 0 Å². The molecule has 0 N–H and O–H groups in total. The smallest absolute Gasteiger partial charge is 0.257 e. The number of fused-ring (bicyclic) bond motifs is 1. The van der Waals surface area contributed by atoms with Crippen molar-refractivity contribution in [3.63, 3.8) is 0 Å². The molecule has 0 radical (unpaired) electrons. The summed E-state index contributed by atoms with van der Waals surface area (Å²) in [5.41, 5.74) is 0.0918. The van der Waals surface area contributed by atoms with E-state index in [4.69, 9.17) is 4.74 Å². The molecule has 1 aromatic heterocycles. The van der Waals surface area contributed by atoms with Crippen LogP contribution in [-0.2, 0) is 4.74 Å². The van der Waals surface area contributed by atoms with Crippen molar-refractivity contribution in [1.29, 1.82) is 0 Å². The summed E-state index contributed by atoms with van der Waals surface area (Å²) >= 11 is 0.